The molecule has 1 aliphatic rings. The van der Waals surface area contributed by atoms with Gasteiger partial charge in [-0.15, -0.1) is 11.8 Å². The van der Waals surface area contributed by atoms with Gasteiger partial charge < -0.3 is 10.0 Å². The molecule has 20 heavy (non-hydrogen) atoms. The Morgan fingerprint density at radius 3 is 2.60 bits per heavy atom. The third kappa shape index (κ3) is 2.95. The van der Waals surface area contributed by atoms with Crippen LogP contribution >= 0.6 is 11.8 Å². The number of carboxylic acid groups (broad SMARTS) is 1. The molecule has 2 atom stereocenters. The van der Waals surface area contributed by atoms with E-state index < -0.39 is 17.8 Å². The molecule has 1 fully saturated rings. The molecular formula is C14H16FNO3S. The minimum absolute atomic E-state index is 0.126. The van der Waals surface area contributed by atoms with Crippen molar-refractivity contribution in [2.24, 2.45) is 0 Å². The molecule has 108 valence electrons. The summed E-state index contributed by atoms with van der Waals surface area (Å²) in [5, 5.41) is 9.12. The lowest BCUT2D eigenvalue weighted by Crippen LogP contribution is -2.45. The van der Waals surface area contributed by atoms with E-state index in [-0.39, 0.29) is 11.3 Å². The highest BCUT2D eigenvalue weighted by Gasteiger charge is 2.41. The van der Waals surface area contributed by atoms with E-state index in [0.717, 1.165) is 12.8 Å². The van der Waals surface area contributed by atoms with Gasteiger partial charge in [0.25, 0.3) is 5.91 Å². The number of amides is 1. The highest BCUT2D eigenvalue weighted by molar-refractivity contribution is 8.00. The normalized spacial score (nSPS) is 22.0. The number of hydrogen-bond acceptors (Lipinski definition) is 3. The van der Waals surface area contributed by atoms with Crippen LogP contribution in [0.1, 0.15) is 30.1 Å². The summed E-state index contributed by atoms with van der Waals surface area (Å²) in [5.74, 6) is -1.36. The quantitative estimate of drug-likeness (QED) is 0.928. The number of carboxylic acids is 1. The van der Waals surface area contributed by atoms with Gasteiger partial charge in [-0.1, -0.05) is 13.3 Å². The fourth-order valence-corrected chi connectivity index (χ4v) is 3.75. The fourth-order valence-electron chi connectivity index (χ4n) is 2.24. The van der Waals surface area contributed by atoms with E-state index in [2.05, 4.69) is 0 Å². The van der Waals surface area contributed by atoms with Crippen LogP contribution in [0.15, 0.2) is 24.3 Å². The maximum atomic E-state index is 12.9. The first-order valence-corrected chi connectivity index (χ1v) is 7.52. The van der Waals surface area contributed by atoms with Gasteiger partial charge in [0, 0.05) is 11.3 Å². The largest absolute Gasteiger partial charge is 0.480 e. The zero-order valence-electron chi connectivity index (χ0n) is 11.1. The second kappa shape index (κ2) is 6.26. The number of halogens is 1. The lowest BCUT2D eigenvalue weighted by Gasteiger charge is -2.27. The topological polar surface area (TPSA) is 57.6 Å². The van der Waals surface area contributed by atoms with Gasteiger partial charge in [0.15, 0.2) is 0 Å². The van der Waals surface area contributed by atoms with Gasteiger partial charge in [0.1, 0.15) is 11.9 Å². The lowest BCUT2D eigenvalue weighted by molar-refractivity contribution is -0.141. The lowest BCUT2D eigenvalue weighted by atomic mass is 10.1. The summed E-state index contributed by atoms with van der Waals surface area (Å²) in [6.45, 7) is 2.00. The van der Waals surface area contributed by atoms with Crippen molar-refractivity contribution < 1.29 is 19.1 Å². The summed E-state index contributed by atoms with van der Waals surface area (Å²) in [6, 6.07) is 4.39. The molecule has 4 nitrogen and oxygen atoms in total. The minimum Gasteiger partial charge on any atom is -0.480 e. The standard InChI is InChI=1S/C14H16FNO3S/c1-2-3-12-16(11(8-20-12)14(18)19)13(17)9-4-6-10(15)7-5-9/h4-7,11-12H,2-3,8H2,1H3,(H,18,19). The molecule has 0 radical (unpaired) electrons. The molecule has 0 saturated carbocycles. The van der Waals surface area contributed by atoms with Crippen molar-refractivity contribution in [1.29, 1.82) is 0 Å². The Morgan fingerprint density at radius 1 is 1.40 bits per heavy atom. The van der Waals surface area contributed by atoms with Crippen LogP contribution in [0.3, 0.4) is 0 Å². The number of carbonyl (C=O) groups is 2. The average Bonchev–Trinajstić information content (AvgIpc) is 2.83. The van der Waals surface area contributed by atoms with Gasteiger partial charge in [-0.25, -0.2) is 9.18 Å². The Hall–Kier alpha value is -1.56. The van der Waals surface area contributed by atoms with Crippen molar-refractivity contribution in [3.63, 3.8) is 0 Å². The summed E-state index contributed by atoms with van der Waals surface area (Å²) < 4.78 is 12.9. The highest BCUT2D eigenvalue weighted by Crippen LogP contribution is 2.33. The molecule has 0 aliphatic carbocycles. The first-order chi connectivity index (χ1) is 9.54. The number of rotatable bonds is 4. The molecule has 1 N–H and O–H groups in total. The van der Waals surface area contributed by atoms with Crippen LogP contribution in [0.4, 0.5) is 4.39 Å². The van der Waals surface area contributed by atoms with Gasteiger partial charge in [-0.3, -0.25) is 4.79 Å². The Morgan fingerprint density at radius 2 is 2.05 bits per heavy atom. The van der Waals surface area contributed by atoms with Crippen LogP contribution in [-0.4, -0.2) is 39.1 Å². The second-order valence-corrected chi connectivity index (χ2v) is 5.86. The second-order valence-electron chi connectivity index (χ2n) is 4.65. The Bertz CT molecular complexity index is 506. The molecule has 1 amide bonds. The van der Waals surface area contributed by atoms with Crippen LogP contribution in [0.25, 0.3) is 0 Å². The zero-order valence-corrected chi connectivity index (χ0v) is 11.9. The number of thioether (sulfide) groups is 1. The van der Waals surface area contributed by atoms with Crippen LogP contribution in [0, 0.1) is 5.82 Å². The summed E-state index contributed by atoms with van der Waals surface area (Å²) in [5.41, 5.74) is 0.321. The molecule has 0 bridgehead atoms. The van der Waals surface area contributed by atoms with E-state index in [0.29, 0.717) is 11.3 Å². The van der Waals surface area contributed by atoms with E-state index in [1.54, 1.807) is 0 Å². The predicted octanol–water partition coefficient (Wildman–Crippen LogP) is 2.59. The first-order valence-electron chi connectivity index (χ1n) is 6.47. The minimum atomic E-state index is -0.994. The number of benzene rings is 1. The number of carbonyl (C=O) groups excluding carboxylic acids is 1. The molecule has 0 aromatic heterocycles. The Labute approximate surface area is 121 Å². The summed E-state index contributed by atoms with van der Waals surface area (Å²) in [6.07, 6.45) is 1.62. The third-order valence-corrected chi connectivity index (χ3v) is 4.59. The van der Waals surface area contributed by atoms with Crippen molar-refractivity contribution in [2.45, 2.75) is 31.2 Å². The predicted molar refractivity (Wildman–Crippen MR) is 75.1 cm³/mol. The van der Waals surface area contributed by atoms with Crippen LogP contribution < -0.4 is 0 Å². The summed E-state index contributed by atoms with van der Waals surface area (Å²) in [4.78, 5) is 25.2. The Kier molecular flexibility index (Phi) is 4.65. The number of hydrogen-bond donors (Lipinski definition) is 1. The zero-order chi connectivity index (χ0) is 14.7. The monoisotopic (exact) mass is 297 g/mol. The van der Waals surface area contributed by atoms with Crippen molar-refractivity contribution in [2.75, 3.05) is 5.75 Å². The Balaban J connectivity index is 2.26. The highest BCUT2D eigenvalue weighted by atomic mass is 32.2. The van der Waals surface area contributed by atoms with Crippen LogP contribution in [-0.2, 0) is 4.79 Å². The van der Waals surface area contributed by atoms with Gasteiger partial charge in [0.2, 0.25) is 0 Å². The van der Waals surface area contributed by atoms with E-state index in [9.17, 15) is 19.1 Å². The smallest absolute Gasteiger partial charge is 0.327 e. The molecule has 1 aromatic rings. The third-order valence-electron chi connectivity index (χ3n) is 3.24. The van der Waals surface area contributed by atoms with E-state index >= 15 is 0 Å². The molecule has 6 heteroatoms. The van der Waals surface area contributed by atoms with E-state index in [1.807, 2.05) is 6.92 Å². The summed E-state index contributed by atoms with van der Waals surface area (Å²) in [7, 11) is 0. The maximum absolute atomic E-state index is 12.9. The van der Waals surface area contributed by atoms with Crippen molar-refractivity contribution in [3.05, 3.63) is 35.6 Å². The van der Waals surface area contributed by atoms with Crippen molar-refractivity contribution in [3.8, 4) is 0 Å². The fraction of sp³-hybridized carbons (Fsp3) is 0.429. The van der Waals surface area contributed by atoms with Gasteiger partial charge in [-0.2, -0.15) is 0 Å². The van der Waals surface area contributed by atoms with Gasteiger partial charge in [-0.05, 0) is 30.7 Å². The van der Waals surface area contributed by atoms with E-state index in [1.165, 1.54) is 40.9 Å². The number of aliphatic carboxylic acids is 1. The van der Waals surface area contributed by atoms with Crippen LogP contribution in [0.2, 0.25) is 0 Å². The van der Waals surface area contributed by atoms with Gasteiger partial charge >= 0.3 is 5.97 Å². The molecule has 1 aromatic carbocycles. The first kappa shape index (κ1) is 14.8. The van der Waals surface area contributed by atoms with E-state index in [4.69, 9.17) is 0 Å². The van der Waals surface area contributed by atoms with Crippen LogP contribution in [0.5, 0.6) is 0 Å². The molecule has 2 rings (SSSR count). The maximum Gasteiger partial charge on any atom is 0.327 e. The number of nitrogens with zero attached hydrogens (tertiary/aromatic N) is 1. The van der Waals surface area contributed by atoms with Crippen molar-refractivity contribution in [1.82, 2.24) is 4.90 Å². The van der Waals surface area contributed by atoms with Crippen molar-refractivity contribution >= 4 is 23.6 Å². The molecule has 1 aliphatic heterocycles. The summed E-state index contributed by atoms with van der Waals surface area (Å²) >= 11 is 1.49. The SMILES string of the molecule is CCCC1SCC(C(=O)O)N1C(=O)c1ccc(F)cc1. The molecule has 1 heterocycles. The molecule has 0 spiro atoms. The average molecular weight is 297 g/mol. The molecule has 1 saturated heterocycles. The molecular weight excluding hydrogens is 281 g/mol. The molecule has 2 unspecified atom stereocenters. The van der Waals surface area contributed by atoms with Gasteiger partial charge in [0.05, 0.1) is 5.37 Å².